The number of aryl methyl sites for hydroxylation is 1. The maximum absolute atomic E-state index is 5.38. The molecule has 0 spiro atoms. The van der Waals surface area contributed by atoms with Gasteiger partial charge in [0.2, 0.25) is 0 Å². The second-order valence-electron chi connectivity index (χ2n) is 3.11. The fraction of sp³-hybridized carbons (Fsp3) is 0.400. The van der Waals surface area contributed by atoms with Crippen molar-refractivity contribution in [1.29, 1.82) is 0 Å². The lowest BCUT2D eigenvalue weighted by Gasteiger charge is -2.08. The van der Waals surface area contributed by atoms with Gasteiger partial charge in [-0.05, 0) is 58.7 Å². The molecule has 0 heterocycles. The van der Waals surface area contributed by atoms with E-state index in [0.29, 0.717) is 6.10 Å². The first-order valence-electron chi connectivity index (χ1n) is 4.12. The Hall–Kier alpha value is -0.0900. The smallest absolute Gasteiger partial charge is 0.0827 e. The number of ether oxygens (including phenoxy) is 1. The summed E-state index contributed by atoms with van der Waals surface area (Å²) >= 11 is 2.35. The van der Waals surface area contributed by atoms with Crippen LogP contribution in [0.4, 0.5) is 0 Å². The molecule has 2 rings (SSSR count). The number of hydrogen-bond acceptors (Lipinski definition) is 1. The summed E-state index contributed by atoms with van der Waals surface area (Å²) in [5, 5.41) is 0. The molecule has 0 aliphatic heterocycles. The molecule has 1 aromatic rings. The van der Waals surface area contributed by atoms with Gasteiger partial charge in [-0.15, -0.1) is 0 Å². The van der Waals surface area contributed by atoms with E-state index >= 15 is 0 Å². The Morgan fingerprint density at radius 2 is 2.33 bits per heavy atom. The first-order valence-corrected chi connectivity index (χ1v) is 5.20. The van der Waals surface area contributed by atoms with Gasteiger partial charge in [-0.3, -0.25) is 0 Å². The Morgan fingerprint density at radius 1 is 1.50 bits per heavy atom. The lowest BCUT2D eigenvalue weighted by molar-refractivity contribution is 0.105. The summed E-state index contributed by atoms with van der Waals surface area (Å²) in [4.78, 5) is 0. The number of hydrogen-bond donors (Lipinski definition) is 0. The zero-order valence-corrected chi connectivity index (χ0v) is 9.17. The minimum Gasteiger partial charge on any atom is -0.377 e. The summed E-state index contributed by atoms with van der Waals surface area (Å²) in [5.74, 6) is 0. The highest BCUT2D eigenvalue weighted by Crippen LogP contribution is 2.33. The van der Waals surface area contributed by atoms with Crippen LogP contribution in [0.25, 0.3) is 0 Å². The molecule has 0 fully saturated rings. The van der Waals surface area contributed by atoms with E-state index in [1.54, 1.807) is 7.11 Å². The minimum atomic E-state index is 0.344. The van der Waals surface area contributed by atoms with Gasteiger partial charge in [0.15, 0.2) is 0 Å². The lowest BCUT2D eigenvalue weighted by Crippen LogP contribution is -1.94. The van der Waals surface area contributed by atoms with E-state index in [2.05, 4.69) is 40.8 Å². The summed E-state index contributed by atoms with van der Waals surface area (Å²) in [6.45, 7) is 0. The van der Waals surface area contributed by atoms with E-state index in [1.807, 2.05) is 0 Å². The molecule has 0 saturated carbocycles. The zero-order chi connectivity index (χ0) is 8.55. The van der Waals surface area contributed by atoms with Gasteiger partial charge in [-0.1, -0.05) is 6.07 Å². The van der Waals surface area contributed by atoms with E-state index in [9.17, 15) is 0 Å². The predicted octanol–water partition coefficient (Wildman–Crippen LogP) is 2.92. The monoisotopic (exact) mass is 274 g/mol. The molecule has 1 aromatic carbocycles. The Balaban J connectivity index is 2.40. The van der Waals surface area contributed by atoms with Crippen molar-refractivity contribution in [3.8, 4) is 0 Å². The average molecular weight is 274 g/mol. The van der Waals surface area contributed by atoms with Crippen LogP contribution >= 0.6 is 22.6 Å². The Kier molecular flexibility index (Phi) is 2.37. The third-order valence-corrected chi connectivity index (χ3v) is 3.08. The Morgan fingerprint density at radius 3 is 3.08 bits per heavy atom. The molecule has 0 aromatic heterocycles. The van der Waals surface area contributed by atoms with Gasteiger partial charge < -0.3 is 4.74 Å². The molecule has 1 aliphatic carbocycles. The second-order valence-corrected chi connectivity index (χ2v) is 4.35. The number of halogens is 1. The highest BCUT2D eigenvalue weighted by atomic mass is 127. The van der Waals surface area contributed by atoms with Gasteiger partial charge in [0.25, 0.3) is 0 Å². The number of rotatable bonds is 1. The fourth-order valence-electron chi connectivity index (χ4n) is 1.79. The molecule has 12 heavy (non-hydrogen) atoms. The molecule has 0 saturated heterocycles. The van der Waals surface area contributed by atoms with Crippen LogP contribution in [0, 0.1) is 3.57 Å². The minimum absolute atomic E-state index is 0.344. The largest absolute Gasteiger partial charge is 0.377 e. The van der Waals surface area contributed by atoms with Gasteiger partial charge in [0.05, 0.1) is 6.10 Å². The Labute approximate surface area is 86.3 Å². The summed E-state index contributed by atoms with van der Waals surface area (Å²) in [5.41, 5.74) is 2.85. The highest BCUT2D eigenvalue weighted by Gasteiger charge is 2.21. The summed E-state index contributed by atoms with van der Waals surface area (Å²) in [6.07, 6.45) is 2.66. The van der Waals surface area contributed by atoms with Crippen LogP contribution in [0.15, 0.2) is 18.2 Å². The van der Waals surface area contributed by atoms with E-state index in [1.165, 1.54) is 21.1 Å². The molecule has 64 valence electrons. The molecule has 0 N–H and O–H groups in total. The third-order valence-electron chi connectivity index (χ3n) is 2.41. The SMILES string of the molecule is CO[C@@H]1CCc2cc(I)ccc21. The summed E-state index contributed by atoms with van der Waals surface area (Å²) in [6, 6.07) is 6.60. The van der Waals surface area contributed by atoms with Gasteiger partial charge in [-0.2, -0.15) is 0 Å². The number of benzene rings is 1. The van der Waals surface area contributed by atoms with Crippen LogP contribution < -0.4 is 0 Å². The molecule has 2 heteroatoms. The van der Waals surface area contributed by atoms with Crippen LogP contribution in [-0.4, -0.2) is 7.11 Å². The molecule has 1 aliphatic rings. The standard InChI is InChI=1S/C10H11IO/c1-12-10-5-2-7-6-8(11)3-4-9(7)10/h3-4,6,10H,2,5H2,1H3/t10-/m1/s1. The van der Waals surface area contributed by atoms with Crippen molar-refractivity contribution < 1.29 is 4.74 Å². The number of methoxy groups -OCH3 is 1. The predicted molar refractivity (Wildman–Crippen MR) is 57.2 cm³/mol. The van der Waals surface area contributed by atoms with E-state index < -0.39 is 0 Å². The molecule has 0 unspecified atom stereocenters. The fourth-order valence-corrected chi connectivity index (χ4v) is 2.35. The molecular weight excluding hydrogens is 263 g/mol. The normalized spacial score (nSPS) is 21.0. The van der Waals surface area contributed by atoms with Gasteiger partial charge >= 0.3 is 0 Å². The van der Waals surface area contributed by atoms with Gasteiger partial charge in [-0.25, -0.2) is 0 Å². The average Bonchev–Trinajstić information content (AvgIpc) is 2.46. The first-order chi connectivity index (χ1) is 5.81. The van der Waals surface area contributed by atoms with Crippen LogP contribution in [-0.2, 0) is 11.2 Å². The highest BCUT2D eigenvalue weighted by molar-refractivity contribution is 14.1. The maximum atomic E-state index is 5.38. The van der Waals surface area contributed by atoms with Gasteiger partial charge in [0.1, 0.15) is 0 Å². The van der Waals surface area contributed by atoms with Gasteiger partial charge in [0, 0.05) is 10.7 Å². The molecule has 0 amide bonds. The topological polar surface area (TPSA) is 9.23 Å². The molecule has 0 bridgehead atoms. The zero-order valence-electron chi connectivity index (χ0n) is 7.01. The maximum Gasteiger partial charge on any atom is 0.0827 e. The Bertz CT molecular complexity index is 296. The molecular formula is C10H11IO. The molecule has 1 atom stereocenters. The third kappa shape index (κ3) is 1.38. The van der Waals surface area contributed by atoms with E-state index in [-0.39, 0.29) is 0 Å². The van der Waals surface area contributed by atoms with Crippen molar-refractivity contribution in [2.45, 2.75) is 18.9 Å². The van der Waals surface area contributed by atoms with Crippen molar-refractivity contribution in [1.82, 2.24) is 0 Å². The first kappa shape index (κ1) is 8.51. The van der Waals surface area contributed by atoms with Crippen molar-refractivity contribution in [3.05, 3.63) is 32.9 Å². The van der Waals surface area contributed by atoms with Crippen molar-refractivity contribution in [2.24, 2.45) is 0 Å². The summed E-state index contributed by atoms with van der Waals surface area (Å²) in [7, 11) is 1.79. The molecule has 1 nitrogen and oxygen atoms in total. The van der Waals surface area contributed by atoms with E-state index in [0.717, 1.165) is 6.42 Å². The van der Waals surface area contributed by atoms with E-state index in [4.69, 9.17) is 4.74 Å². The second kappa shape index (κ2) is 3.34. The van der Waals surface area contributed by atoms with Crippen LogP contribution in [0.1, 0.15) is 23.7 Å². The van der Waals surface area contributed by atoms with Crippen molar-refractivity contribution in [2.75, 3.05) is 7.11 Å². The molecule has 0 radical (unpaired) electrons. The van der Waals surface area contributed by atoms with Crippen LogP contribution in [0.3, 0.4) is 0 Å². The lowest BCUT2D eigenvalue weighted by atomic mass is 10.1. The van der Waals surface area contributed by atoms with Crippen molar-refractivity contribution in [3.63, 3.8) is 0 Å². The van der Waals surface area contributed by atoms with Crippen LogP contribution in [0.5, 0.6) is 0 Å². The number of fused-ring (bicyclic) bond motifs is 1. The van der Waals surface area contributed by atoms with Crippen molar-refractivity contribution >= 4 is 22.6 Å². The summed E-state index contributed by atoms with van der Waals surface area (Å²) < 4.78 is 6.70. The van der Waals surface area contributed by atoms with Crippen LogP contribution in [0.2, 0.25) is 0 Å². The quantitative estimate of drug-likeness (QED) is 0.715.